The van der Waals surface area contributed by atoms with Gasteiger partial charge in [0.05, 0.1) is 54.4 Å². The summed E-state index contributed by atoms with van der Waals surface area (Å²) < 4.78 is 20.7. The largest absolute Gasteiger partial charge is 1.00 e. The van der Waals surface area contributed by atoms with Crippen molar-refractivity contribution >= 4 is 47.3 Å². The van der Waals surface area contributed by atoms with Crippen LogP contribution in [0.1, 0.15) is 242 Å². The Hall–Kier alpha value is -5.83. The van der Waals surface area contributed by atoms with E-state index in [1.165, 1.54) is 12.8 Å². The number of hydrogen-bond donors (Lipinski definition) is 3. The van der Waals surface area contributed by atoms with Crippen molar-refractivity contribution in [3.8, 4) is 0 Å². The molecule has 3 amide bonds. The van der Waals surface area contributed by atoms with E-state index in [0.717, 1.165) is 103 Å². The molecule has 5 aromatic heterocycles. The van der Waals surface area contributed by atoms with Crippen molar-refractivity contribution in [2.75, 3.05) is 32.7 Å². The maximum atomic E-state index is 12.4. The monoisotopic (exact) mass is 1590 g/mol. The fourth-order valence-corrected chi connectivity index (χ4v) is 11.1. The Kier molecular flexibility index (Phi) is 42.1. The SMILES string of the molecule is C.CC(C)I.CC(C)n1nnc([C@H]2CCCN2)n1.CC(C)n1nnc([C@H]2CCCN2C(=O)OCc2ccccc2)n1.CC(C)n1nnnc1[C@H]1CCCN1.CC(C)n1nnnc1[C@H]1CCCN1C(=O)OCc1ccccc1.O=C(OCc1ccccc1)N1CCC[C@@H]1c1nn[nH]n1.O=CO[O-].[H-].[K+].[K+]. The van der Waals surface area contributed by atoms with E-state index in [-0.39, 0.29) is 186 Å². The number of rotatable bonds is 16. The van der Waals surface area contributed by atoms with Gasteiger partial charge in [0, 0.05) is 23.6 Å². The summed E-state index contributed by atoms with van der Waals surface area (Å²) in [6.07, 6.45) is 9.02. The molecule has 103 heavy (non-hydrogen) atoms. The summed E-state index contributed by atoms with van der Waals surface area (Å²) >= 11 is 2.34. The van der Waals surface area contributed by atoms with E-state index in [1.54, 1.807) is 29.0 Å². The molecule has 0 bridgehead atoms. The molecular weight excluding hydrogens is 1490 g/mol. The van der Waals surface area contributed by atoms with Crippen molar-refractivity contribution in [2.24, 2.45) is 0 Å². The third kappa shape index (κ3) is 29.1. The Balaban J connectivity index is 0.000000330. The molecule has 13 rings (SSSR count). The first-order valence-corrected chi connectivity index (χ1v) is 35.2. The molecule has 0 unspecified atom stereocenters. The van der Waals surface area contributed by atoms with Gasteiger partial charge in [-0.2, -0.15) is 14.8 Å². The standard InChI is InChI=1S/2C16H21N5O2.C13H15N5O2.2C8H15N5.C3H7I.CH2O3.CH4.2K.H/c1-12(2)21-15(17-18-19-21)14-9-6-10-20(14)16(22)23-11-13-7-4-3-5-8-13;1-12(2)21-18-15(17-19-21)14-9-6-10-20(14)16(22)23-11-13-7-4-3-5-8-13;19-13(20-9-10-5-2-1-3-6-10)18-8-4-7-11(18)12-14-16-17-15-12;1-6(2)13-8(10-11-12-13)7-4-3-5-9-7;1-6(2)13-11-8(10-12-13)7-4-3-5-9-7;1-3(2)4;2-1-4-3;;;;/h2*3-5,7-8,12,14H,6,9-11H2,1-2H3;1-3,5-6,11H,4,7-9H2,(H,14,15,16,17);2*6-7,9H,3-5H2,1-2H3;3H,1-2H3;1,3H;1H4;;;/q;;;;;;;;2*+1;-1/p-1/t2*14-;11-;2*7-;;;;;;/m11111....../s1. The van der Waals surface area contributed by atoms with Gasteiger partial charge in [-0.25, -0.2) is 23.7 Å². The van der Waals surface area contributed by atoms with Gasteiger partial charge in [-0.05, 0) is 181 Å². The zero-order chi connectivity index (χ0) is 71.8. The molecule has 0 spiro atoms. The van der Waals surface area contributed by atoms with Crippen LogP contribution in [0.3, 0.4) is 0 Å². The number of likely N-dealkylation sites (tertiary alicyclic amines) is 3. The maximum absolute atomic E-state index is 12.4. The molecule has 5 aliphatic heterocycles. The molecule has 34 nitrogen and oxygen atoms in total. The van der Waals surface area contributed by atoms with Crippen LogP contribution in [0.2, 0.25) is 0 Å². The number of hydrogen-bond acceptors (Lipinski definition) is 26. The Morgan fingerprint density at radius 3 is 1.27 bits per heavy atom. The molecular formula is C66H100IK2N25O9. The van der Waals surface area contributed by atoms with E-state index in [9.17, 15) is 14.4 Å². The van der Waals surface area contributed by atoms with Crippen LogP contribution in [0.25, 0.3) is 0 Å². The second-order valence-corrected chi connectivity index (χ2v) is 27.7. The number of aromatic nitrogens is 20. The Bertz CT molecular complexity index is 3610. The fraction of sp³-hybridized carbons (Fsp3) is 0.591. The molecule has 552 valence electrons. The van der Waals surface area contributed by atoms with Gasteiger partial charge in [0.2, 0.25) is 0 Å². The van der Waals surface area contributed by atoms with E-state index in [4.69, 9.17) is 24.3 Å². The first-order valence-electron chi connectivity index (χ1n) is 34.0. The van der Waals surface area contributed by atoms with Crippen molar-refractivity contribution in [1.82, 2.24) is 127 Å². The number of amides is 3. The van der Waals surface area contributed by atoms with Crippen LogP contribution in [0, 0.1) is 0 Å². The maximum Gasteiger partial charge on any atom is 1.00 e. The molecule has 3 aromatic carbocycles. The fourth-order valence-electron chi connectivity index (χ4n) is 11.1. The van der Waals surface area contributed by atoms with Crippen LogP contribution in [-0.4, -0.2) is 178 Å². The van der Waals surface area contributed by atoms with Gasteiger partial charge in [-0.1, -0.05) is 140 Å². The number of aromatic amines is 1. The number of benzene rings is 3. The van der Waals surface area contributed by atoms with Gasteiger partial charge in [0.15, 0.2) is 29.1 Å². The number of carbonyl (C=O) groups is 4. The second-order valence-electron chi connectivity index (χ2n) is 25.2. The number of nitrogens with zero attached hydrogens (tertiary/aromatic N) is 22. The van der Waals surface area contributed by atoms with Crippen LogP contribution in [0.15, 0.2) is 91.0 Å². The van der Waals surface area contributed by atoms with Crippen molar-refractivity contribution in [3.05, 3.63) is 137 Å². The first kappa shape index (κ1) is 89.6. The molecule has 3 N–H and O–H groups in total. The summed E-state index contributed by atoms with van der Waals surface area (Å²) in [7, 11) is 0. The number of carbonyl (C=O) groups excluding carboxylic acids is 4. The van der Waals surface area contributed by atoms with Crippen LogP contribution >= 0.6 is 22.6 Å². The Labute approximate surface area is 702 Å². The van der Waals surface area contributed by atoms with Crippen molar-refractivity contribution in [1.29, 1.82) is 0 Å². The number of alkyl halides is 1. The first-order chi connectivity index (χ1) is 48.4. The van der Waals surface area contributed by atoms with Gasteiger partial charge >= 0.3 is 121 Å². The van der Waals surface area contributed by atoms with Crippen LogP contribution in [0.5, 0.6) is 0 Å². The molecule has 0 aliphatic carbocycles. The predicted octanol–water partition coefficient (Wildman–Crippen LogP) is 3.51. The van der Waals surface area contributed by atoms with E-state index in [0.29, 0.717) is 55.5 Å². The molecule has 5 saturated heterocycles. The van der Waals surface area contributed by atoms with Crippen molar-refractivity contribution in [2.45, 2.75) is 219 Å². The summed E-state index contributed by atoms with van der Waals surface area (Å²) in [4.78, 5) is 56.5. The quantitative estimate of drug-likeness (QED) is 0.0237. The van der Waals surface area contributed by atoms with E-state index in [1.807, 2.05) is 137 Å². The van der Waals surface area contributed by atoms with Gasteiger partial charge in [0.1, 0.15) is 19.8 Å². The van der Waals surface area contributed by atoms with Crippen molar-refractivity contribution < 1.29 is 148 Å². The average Bonchev–Trinajstić information content (AvgIpc) is 1.67. The second kappa shape index (κ2) is 48.4. The minimum atomic E-state index is -0.332. The van der Waals surface area contributed by atoms with E-state index >= 15 is 0 Å². The van der Waals surface area contributed by atoms with Gasteiger partial charge in [-0.15, -0.1) is 40.8 Å². The summed E-state index contributed by atoms with van der Waals surface area (Å²) in [5.74, 6) is 3.68. The minimum Gasteiger partial charge on any atom is -1.00 e. The molecule has 5 aliphatic rings. The molecule has 0 radical (unpaired) electrons. The normalized spacial score (nSPS) is 17.8. The molecule has 37 heteroatoms. The van der Waals surface area contributed by atoms with Gasteiger partial charge in [0.25, 0.3) is 6.47 Å². The zero-order valence-electron chi connectivity index (χ0n) is 61.6. The third-order valence-electron chi connectivity index (χ3n) is 15.9. The number of H-pyrrole nitrogens is 1. The van der Waals surface area contributed by atoms with E-state index in [2.05, 4.69) is 148 Å². The molecule has 5 fully saturated rings. The molecule has 8 aromatic rings. The van der Waals surface area contributed by atoms with Crippen LogP contribution in [0.4, 0.5) is 14.4 Å². The minimum absolute atomic E-state index is 0. The van der Waals surface area contributed by atoms with Crippen molar-refractivity contribution in [3.63, 3.8) is 0 Å². The summed E-state index contributed by atoms with van der Waals surface area (Å²) in [6.45, 7) is 25.4. The average molecular weight is 1590 g/mol. The predicted molar refractivity (Wildman–Crippen MR) is 377 cm³/mol. The number of tetrazole rings is 5. The number of ether oxygens (including phenoxy) is 3. The number of halogens is 1. The summed E-state index contributed by atoms with van der Waals surface area (Å²) in [5.41, 5.74) is 2.92. The smallest absolute Gasteiger partial charge is 1.00 e. The Morgan fingerprint density at radius 2 is 0.893 bits per heavy atom. The zero-order valence-corrected chi connectivity index (χ0v) is 69.0. The number of nitrogens with one attached hydrogen (secondary N) is 3. The van der Waals surface area contributed by atoms with Crippen LogP contribution in [-0.2, 0) is 43.7 Å². The molecule has 10 heterocycles. The molecule has 0 saturated carbocycles. The summed E-state index contributed by atoms with van der Waals surface area (Å²) in [6, 6.07) is 30.2. The topological polar surface area (TPSA) is 391 Å². The van der Waals surface area contributed by atoms with Gasteiger partial charge in [-0.3, -0.25) is 19.5 Å². The third-order valence-corrected chi connectivity index (χ3v) is 15.9. The van der Waals surface area contributed by atoms with Gasteiger partial charge < -0.3 is 36.4 Å². The van der Waals surface area contributed by atoms with Crippen LogP contribution < -0.4 is 119 Å². The molecule has 5 atom stereocenters. The Morgan fingerprint density at radius 1 is 0.515 bits per heavy atom. The van der Waals surface area contributed by atoms with E-state index < -0.39 is 0 Å². The summed E-state index contributed by atoms with van der Waals surface area (Å²) in [5, 5.41) is 77.6.